The van der Waals surface area contributed by atoms with E-state index in [-0.39, 0.29) is 6.04 Å². The van der Waals surface area contributed by atoms with E-state index in [1.54, 1.807) is 18.6 Å². The molecule has 0 saturated carbocycles. The van der Waals surface area contributed by atoms with Crippen molar-refractivity contribution in [1.29, 1.82) is 0 Å². The molecule has 5 heteroatoms. The lowest BCUT2D eigenvalue weighted by molar-refractivity contribution is 0.790. The van der Waals surface area contributed by atoms with Crippen molar-refractivity contribution in [3.63, 3.8) is 0 Å². The zero-order valence-corrected chi connectivity index (χ0v) is 11.4. The summed E-state index contributed by atoms with van der Waals surface area (Å²) in [4.78, 5) is 17.5. The van der Waals surface area contributed by atoms with Crippen LogP contribution in [-0.2, 0) is 0 Å². The van der Waals surface area contributed by atoms with E-state index in [0.717, 1.165) is 27.9 Å². The molecule has 20 heavy (non-hydrogen) atoms. The van der Waals surface area contributed by atoms with Gasteiger partial charge in [0.05, 0.1) is 11.0 Å². The van der Waals surface area contributed by atoms with Crippen LogP contribution in [0.2, 0.25) is 0 Å². The molecule has 2 aromatic heterocycles. The summed E-state index contributed by atoms with van der Waals surface area (Å²) in [6.45, 7) is 3.88. The first-order valence-corrected chi connectivity index (χ1v) is 6.45. The highest BCUT2D eigenvalue weighted by Gasteiger charge is 2.09. The highest BCUT2D eigenvalue weighted by atomic mass is 14.9. The summed E-state index contributed by atoms with van der Waals surface area (Å²) in [7, 11) is 0. The molecule has 0 fully saturated rings. The van der Waals surface area contributed by atoms with E-state index in [4.69, 9.17) is 5.73 Å². The average Bonchev–Trinajstić information content (AvgIpc) is 2.46. The van der Waals surface area contributed by atoms with Crippen molar-refractivity contribution in [2.24, 2.45) is 5.73 Å². The zero-order chi connectivity index (χ0) is 14.1. The molecule has 1 aromatic carbocycles. The normalized spacial score (nSPS) is 12.6. The summed E-state index contributed by atoms with van der Waals surface area (Å²) in [6, 6.07) is 5.77. The highest BCUT2D eigenvalue weighted by molar-refractivity contribution is 5.79. The Hall–Kier alpha value is -2.40. The van der Waals surface area contributed by atoms with Gasteiger partial charge in [-0.05, 0) is 32.0 Å². The number of rotatable bonds is 2. The third-order valence-corrected chi connectivity index (χ3v) is 3.24. The van der Waals surface area contributed by atoms with Crippen LogP contribution in [0.25, 0.3) is 22.4 Å². The van der Waals surface area contributed by atoms with Crippen LogP contribution >= 0.6 is 0 Å². The van der Waals surface area contributed by atoms with Crippen LogP contribution in [0.1, 0.15) is 24.2 Å². The van der Waals surface area contributed by atoms with Gasteiger partial charge >= 0.3 is 0 Å². The molecule has 2 N–H and O–H groups in total. The molecule has 100 valence electrons. The lowest BCUT2D eigenvalue weighted by Gasteiger charge is -2.10. The van der Waals surface area contributed by atoms with Gasteiger partial charge in [-0.2, -0.15) is 0 Å². The van der Waals surface area contributed by atoms with Gasteiger partial charge in [0.25, 0.3) is 0 Å². The van der Waals surface area contributed by atoms with Crippen LogP contribution in [0.3, 0.4) is 0 Å². The molecule has 0 unspecified atom stereocenters. The van der Waals surface area contributed by atoms with Crippen LogP contribution in [0.4, 0.5) is 0 Å². The molecule has 0 saturated heterocycles. The lowest BCUT2D eigenvalue weighted by atomic mass is 10.1. The first-order valence-electron chi connectivity index (χ1n) is 6.45. The molecule has 0 aliphatic heterocycles. The fourth-order valence-electron chi connectivity index (χ4n) is 2.16. The van der Waals surface area contributed by atoms with Crippen LogP contribution < -0.4 is 5.73 Å². The molecule has 2 heterocycles. The van der Waals surface area contributed by atoms with Crippen molar-refractivity contribution in [2.45, 2.75) is 19.9 Å². The minimum atomic E-state index is -0.0634. The monoisotopic (exact) mass is 265 g/mol. The van der Waals surface area contributed by atoms with E-state index in [1.807, 2.05) is 32.0 Å². The van der Waals surface area contributed by atoms with Gasteiger partial charge in [0, 0.05) is 41.5 Å². The molecule has 0 aliphatic rings. The summed E-state index contributed by atoms with van der Waals surface area (Å²) in [5.74, 6) is 0.680. The fourth-order valence-corrected chi connectivity index (χ4v) is 2.16. The highest BCUT2D eigenvalue weighted by Crippen LogP contribution is 2.21. The smallest absolute Gasteiger partial charge is 0.159 e. The van der Waals surface area contributed by atoms with E-state index in [1.165, 1.54) is 0 Å². The molecule has 5 nitrogen and oxygen atoms in total. The Balaban J connectivity index is 2.08. The number of aromatic nitrogens is 4. The lowest BCUT2D eigenvalue weighted by Crippen LogP contribution is -2.09. The predicted octanol–water partition coefficient (Wildman–Crippen LogP) is 2.41. The molecule has 3 aromatic rings. The SMILES string of the molecule is Cc1nc(-c2ccc3nccnc3c2)ncc1[C@H](C)N. The quantitative estimate of drug-likeness (QED) is 0.770. The number of fused-ring (bicyclic) bond motifs is 1. The summed E-state index contributed by atoms with van der Waals surface area (Å²) in [6.07, 6.45) is 5.15. The van der Waals surface area contributed by atoms with Gasteiger partial charge in [-0.15, -0.1) is 0 Å². The van der Waals surface area contributed by atoms with Gasteiger partial charge in [-0.3, -0.25) is 9.97 Å². The average molecular weight is 265 g/mol. The maximum atomic E-state index is 5.88. The Morgan fingerprint density at radius 2 is 1.80 bits per heavy atom. The van der Waals surface area contributed by atoms with Gasteiger partial charge in [0.1, 0.15) is 0 Å². The first kappa shape index (κ1) is 12.6. The van der Waals surface area contributed by atoms with Crippen LogP contribution in [-0.4, -0.2) is 19.9 Å². The minimum Gasteiger partial charge on any atom is -0.324 e. The van der Waals surface area contributed by atoms with E-state index in [9.17, 15) is 0 Å². The maximum Gasteiger partial charge on any atom is 0.159 e. The minimum absolute atomic E-state index is 0.0634. The standard InChI is InChI=1S/C15H15N5/c1-9(16)12-8-19-15(20-10(12)2)11-3-4-13-14(7-11)18-6-5-17-13/h3-9H,16H2,1-2H3/t9-/m0/s1. The number of hydrogen-bond donors (Lipinski definition) is 1. The van der Waals surface area contributed by atoms with E-state index >= 15 is 0 Å². The second kappa shape index (κ2) is 4.94. The van der Waals surface area contributed by atoms with Crippen molar-refractivity contribution in [3.05, 3.63) is 48.0 Å². The van der Waals surface area contributed by atoms with Crippen LogP contribution in [0.15, 0.2) is 36.8 Å². The van der Waals surface area contributed by atoms with E-state index in [0.29, 0.717) is 5.82 Å². The molecule has 0 bridgehead atoms. The van der Waals surface area contributed by atoms with Gasteiger partial charge < -0.3 is 5.73 Å². The Labute approximate surface area is 116 Å². The molecule has 0 aliphatic carbocycles. The largest absolute Gasteiger partial charge is 0.324 e. The number of nitrogens with two attached hydrogens (primary N) is 1. The maximum absolute atomic E-state index is 5.88. The first-order chi connectivity index (χ1) is 9.65. The van der Waals surface area contributed by atoms with Gasteiger partial charge in [0.2, 0.25) is 0 Å². The number of benzene rings is 1. The third-order valence-electron chi connectivity index (χ3n) is 3.24. The molecular weight excluding hydrogens is 250 g/mol. The van der Waals surface area contributed by atoms with Crippen molar-refractivity contribution in [2.75, 3.05) is 0 Å². The molecule has 1 atom stereocenters. The fraction of sp³-hybridized carbons (Fsp3) is 0.200. The Morgan fingerprint density at radius 3 is 2.50 bits per heavy atom. The molecule has 0 spiro atoms. The Bertz CT molecular complexity index is 767. The van der Waals surface area contributed by atoms with Crippen molar-refractivity contribution in [1.82, 2.24) is 19.9 Å². The number of nitrogens with zero attached hydrogens (tertiary/aromatic N) is 4. The van der Waals surface area contributed by atoms with Crippen molar-refractivity contribution < 1.29 is 0 Å². The molecule has 0 radical (unpaired) electrons. The van der Waals surface area contributed by atoms with Gasteiger partial charge in [0.15, 0.2) is 5.82 Å². The summed E-state index contributed by atoms with van der Waals surface area (Å²) < 4.78 is 0. The second-order valence-electron chi connectivity index (χ2n) is 4.78. The van der Waals surface area contributed by atoms with Crippen molar-refractivity contribution >= 4 is 11.0 Å². The van der Waals surface area contributed by atoms with Crippen LogP contribution in [0, 0.1) is 6.92 Å². The van der Waals surface area contributed by atoms with Gasteiger partial charge in [-0.1, -0.05) is 0 Å². The topological polar surface area (TPSA) is 77.6 Å². The summed E-state index contributed by atoms with van der Waals surface area (Å²) in [5, 5.41) is 0. The second-order valence-corrected chi connectivity index (χ2v) is 4.78. The molecule has 3 rings (SSSR count). The third kappa shape index (κ3) is 2.23. The summed E-state index contributed by atoms with van der Waals surface area (Å²) in [5.41, 5.74) is 10.4. The van der Waals surface area contributed by atoms with Crippen molar-refractivity contribution in [3.8, 4) is 11.4 Å². The Kier molecular flexibility index (Phi) is 3.12. The van der Waals surface area contributed by atoms with Gasteiger partial charge in [-0.25, -0.2) is 9.97 Å². The molecule has 0 amide bonds. The number of aryl methyl sites for hydroxylation is 1. The van der Waals surface area contributed by atoms with E-state index < -0.39 is 0 Å². The predicted molar refractivity (Wildman–Crippen MR) is 77.9 cm³/mol. The Morgan fingerprint density at radius 1 is 1.05 bits per heavy atom. The van der Waals surface area contributed by atoms with Crippen LogP contribution in [0.5, 0.6) is 0 Å². The molecular formula is C15H15N5. The number of hydrogen-bond acceptors (Lipinski definition) is 5. The summed E-state index contributed by atoms with van der Waals surface area (Å²) >= 11 is 0. The zero-order valence-electron chi connectivity index (χ0n) is 11.4. The van der Waals surface area contributed by atoms with E-state index in [2.05, 4.69) is 19.9 Å².